The van der Waals surface area contributed by atoms with Gasteiger partial charge in [0.05, 0.1) is 0 Å². The molecule has 0 aromatic heterocycles. The van der Waals surface area contributed by atoms with Gasteiger partial charge in [-0.2, -0.15) is 23.3 Å². The van der Waals surface area contributed by atoms with Gasteiger partial charge in [-0.25, -0.2) is 17.7 Å². The summed E-state index contributed by atoms with van der Waals surface area (Å²) in [6.45, 7) is 13.3. The molecule has 244 valence electrons. The van der Waals surface area contributed by atoms with Gasteiger partial charge in [0.1, 0.15) is 0 Å². The SMILES string of the molecule is CC1(C)[C-]=Cc2cc3c(cc21)Cc1cc2c(cc1-3)C=CC2(C)C.Cc1c[cH-]c(C)c1.Fc1cccc([C](=[Zr+2])c2cccc(F)c2)c1.[Cl-].[Cl-]. The molecule has 0 nitrogen and oxygen atoms in total. The minimum absolute atomic E-state index is 0. The number of halogens is 4. The topological polar surface area (TPSA) is 0 Å². The van der Waals surface area contributed by atoms with E-state index in [1.807, 2.05) is 12.1 Å². The van der Waals surface area contributed by atoms with E-state index in [4.69, 9.17) is 0 Å². The van der Waals surface area contributed by atoms with Crippen LogP contribution in [-0.4, -0.2) is 3.21 Å². The number of allylic oxidation sites excluding steroid dienone is 2. The molecule has 0 atom stereocenters. The molecule has 3 aliphatic rings. The van der Waals surface area contributed by atoms with E-state index in [-0.39, 0.29) is 47.3 Å². The van der Waals surface area contributed by atoms with Crippen molar-refractivity contribution in [3.05, 3.63) is 170 Å². The summed E-state index contributed by atoms with van der Waals surface area (Å²) >= 11 is 1.13. The van der Waals surface area contributed by atoms with Gasteiger partial charge in [0.25, 0.3) is 0 Å². The molecule has 8 rings (SSSR count). The summed E-state index contributed by atoms with van der Waals surface area (Å²) in [5.41, 5.74) is 16.0. The predicted molar refractivity (Wildman–Crippen MR) is 185 cm³/mol. The van der Waals surface area contributed by atoms with Crippen molar-refractivity contribution in [1.29, 1.82) is 0 Å². The predicted octanol–water partition coefficient (Wildman–Crippen LogP) is 4.78. The third kappa shape index (κ3) is 7.86. The van der Waals surface area contributed by atoms with Crippen molar-refractivity contribution in [3.63, 3.8) is 0 Å². The van der Waals surface area contributed by atoms with Crippen LogP contribution in [0, 0.1) is 31.6 Å². The van der Waals surface area contributed by atoms with Gasteiger partial charge < -0.3 is 24.8 Å². The fourth-order valence-electron chi connectivity index (χ4n) is 6.57. The van der Waals surface area contributed by atoms with E-state index < -0.39 is 0 Å². The maximum atomic E-state index is 13.0. The van der Waals surface area contributed by atoms with Gasteiger partial charge in [0.2, 0.25) is 0 Å². The van der Waals surface area contributed by atoms with Crippen molar-refractivity contribution >= 4 is 15.4 Å². The van der Waals surface area contributed by atoms with E-state index in [9.17, 15) is 8.78 Å². The van der Waals surface area contributed by atoms with Gasteiger partial charge in [-0.1, -0.05) is 71.2 Å². The Balaban J connectivity index is 0.000000182. The Hall–Kier alpha value is -3.10. The molecule has 5 aromatic rings. The summed E-state index contributed by atoms with van der Waals surface area (Å²) < 4.78 is 27.0. The third-order valence-electron chi connectivity index (χ3n) is 9.15. The molecule has 0 radical (unpaired) electrons. The summed E-state index contributed by atoms with van der Waals surface area (Å²) in [6, 6.07) is 28.8. The van der Waals surface area contributed by atoms with Crippen LogP contribution in [0.4, 0.5) is 8.78 Å². The van der Waals surface area contributed by atoms with E-state index in [0.29, 0.717) is 0 Å². The molecule has 0 unspecified atom stereocenters. The molecule has 5 heteroatoms. The molecule has 0 N–H and O–H groups in total. The maximum Gasteiger partial charge on any atom is -1.00 e. The van der Waals surface area contributed by atoms with Gasteiger partial charge in [0, 0.05) is 5.41 Å². The molecular formula is C43H38Cl2F2Zr-2. The van der Waals surface area contributed by atoms with E-state index in [0.717, 1.165) is 45.0 Å². The first-order valence-corrected chi connectivity index (χ1v) is 17.0. The molecule has 48 heavy (non-hydrogen) atoms. The standard InChI is InChI=1S/C23H21.C13H8F2.C7H9.2ClH.Zr/c1-22(2)7-5-14-10-18-16(12-20(14)22)9-17-13-21-15(11-19(17)18)6-8-23(21,3)4;14-12-5-1-3-10(8-12)7-11-4-2-6-13(15)9-11;1-6-3-4-7(2)5-6;;;/h5-7,10-13H,9H2,1-4H3;1-6,8-9H;3-5H,1-2H3;2*1H;/q-1;;-1;;;+2/p-2. The summed E-state index contributed by atoms with van der Waals surface area (Å²) in [4.78, 5) is 0. The van der Waals surface area contributed by atoms with Crippen LogP contribution in [0.2, 0.25) is 0 Å². The Labute approximate surface area is 311 Å². The number of hydrogen-bond acceptors (Lipinski definition) is 0. The molecule has 3 aliphatic carbocycles. The average Bonchev–Trinajstić information content (AvgIpc) is 3.74. The molecule has 0 bridgehead atoms. The maximum absolute atomic E-state index is 13.0. The van der Waals surface area contributed by atoms with Crippen molar-refractivity contribution in [2.24, 2.45) is 0 Å². The first kappa shape index (κ1) is 37.7. The van der Waals surface area contributed by atoms with E-state index >= 15 is 0 Å². The number of benzene rings is 4. The van der Waals surface area contributed by atoms with Gasteiger partial charge in [-0.3, -0.25) is 6.08 Å². The van der Waals surface area contributed by atoms with E-state index in [1.165, 1.54) is 79.9 Å². The van der Waals surface area contributed by atoms with Crippen molar-refractivity contribution < 1.29 is 57.8 Å². The Morgan fingerprint density at radius 1 is 0.750 bits per heavy atom. The van der Waals surface area contributed by atoms with Gasteiger partial charge >= 0.3 is 108 Å². The Bertz CT molecular complexity index is 1900. The molecule has 0 amide bonds. The monoisotopic (exact) mass is 752 g/mol. The minimum Gasteiger partial charge on any atom is -1.00 e. The zero-order chi connectivity index (χ0) is 32.8. The fraction of sp³-hybridized carbons (Fsp3) is 0.209. The second-order valence-electron chi connectivity index (χ2n) is 13.7. The van der Waals surface area contributed by atoms with Crippen molar-refractivity contribution in [3.8, 4) is 11.1 Å². The average molecular weight is 755 g/mol. The van der Waals surface area contributed by atoms with Crippen LogP contribution in [0.3, 0.4) is 0 Å². The van der Waals surface area contributed by atoms with Crippen molar-refractivity contribution in [2.45, 2.75) is 58.8 Å². The van der Waals surface area contributed by atoms with Crippen LogP contribution in [0.25, 0.3) is 23.3 Å². The third-order valence-corrected chi connectivity index (χ3v) is 10.6. The summed E-state index contributed by atoms with van der Waals surface area (Å²) in [5.74, 6) is -0.539. The molecule has 5 aromatic carbocycles. The molecular weight excluding hydrogens is 717 g/mol. The molecule has 0 aliphatic heterocycles. The van der Waals surface area contributed by atoms with Gasteiger partial charge in [-0.05, 0) is 45.9 Å². The zero-order valence-corrected chi connectivity index (χ0v) is 32.1. The van der Waals surface area contributed by atoms with Gasteiger partial charge in [0.15, 0.2) is 0 Å². The normalized spacial score (nSPS) is 14.5. The zero-order valence-electron chi connectivity index (χ0n) is 28.1. The largest absolute Gasteiger partial charge is 1.00 e. The quantitative estimate of drug-likeness (QED) is 0.224. The summed E-state index contributed by atoms with van der Waals surface area (Å²) in [6.07, 6.45) is 11.4. The summed E-state index contributed by atoms with van der Waals surface area (Å²) in [5, 5.41) is 0. The minimum atomic E-state index is -0.270. The first-order valence-electron chi connectivity index (χ1n) is 15.8. The molecule has 0 fully saturated rings. The number of fused-ring (bicyclic) bond motifs is 5. The first-order chi connectivity index (χ1) is 21.8. The smallest absolute Gasteiger partial charge is 1.00 e. The molecule has 0 saturated heterocycles. The Morgan fingerprint density at radius 3 is 1.81 bits per heavy atom. The van der Waals surface area contributed by atoms with Crippen LogP contribution in [0.5, 0.6) is 0 Å². The second kappa shape index (κ2) is 14.8. The number of hydrogen-bond donors (Lipinski definition) is 0. The Morgan fingerprint density at radius 2 is 1.31 bits per heavy atom. The van der Waals surface area contributed by atoms with E-state index in [2.05, 4.69) is 108 Å². The molecule has 0 saturated carbocycles. The van der Waals surface area contributed by atoms with Crippen LogP contribution >= 0.6 is 0 Å². The van der Waals surface area contributed by atoms with Crippen LogP contribution in [-0.2, 0) is 41.5 Å². The van der Waals surface area contributed by atoms with Crippen molar-refractivity contribution in [1.82, 2.24) is 0 Å². The van der Waals surface area contributed by atoms with E-state index in [1.54, 1.807) is 12.1 Å². The summed E-state index contributed by atoms with van der Waals surface area (Å²) in [7, 11) is 0. The fourth-order valence-corrected chi connectivity index (χ4v) is 7.34. The number of aryl methyl sites for hydroxylation is 2. The number of rotatable bonds is 2. The van der Waals surface area contributed by atoms with Crippen LogP contribution in [0.1, 0.15) is 83.3 Å². The van der Waals surface area contributed by atoms with Crippen LogP contribution < -0.4 is 24.8 Å². The molecule has 0 heterocycles. The molecule has 0 spiro atoms. The Kier molecular flexibility index (Phi) is 11.6. The van der Waals surface area contributed by atoms with Crippen LogP contribution in [0.15, 0.2) is 97.1 Å². The van der Waals surface area contributed by atoms with Gasteiger partial charge in [-0.15, -0.1) is 11.6 Å². The second-order valence-corrected chi connectivity index (χ2v) is 14.9. The van der Waals surface area contributed by atoms with Crippen molar-refractivity contribution in [2.75, 3.05) is 0 Å².